The summed E-state index contributed by atoms with van der Waals surface area (Å²) in [6.45, 7) is 8.34. The molecule has 0 aromatic carbocycles. The molecule has 1 N–H and O–H groups in total. The second-order valence-corrected chi connectivity index (χ2v) is 11.4. The number of aliphatic hydroxyl groups is 1. The van der Waals surface area contributed by atoms with Gasteiger partial charge in [-0.3, -0.25) is 4.79 Å². The van der Waals surface area contributed by atoms with Crippen molar-refractivity contribution in [2.75, 3.05) is 27.2 Å². The highest BCUT2D eigenvalue weighted by atomic mass is 16.6. The highest BCUT2D eigenvalue weighted by molar-refractivity contribution is 5.88. The molecule has 0 amide bonds. The summed E-state index contributed by atoms with van der Waals surface area (Å²) in [4.78, 5) is 21.4. The molecule has 7 atom stereocenters. The summed E-state index contributed by atoms with van der Waals surface area (Å²) in [5.74, 6) is 2.17. The summed E-state index contributed by atoms with van der Waals surface area (Å²) in [6.07, 6.45) is 12.0. The molecule has 5 heteroatoms. The van der Waals surface area contributed by atoms with Crippen LogP contribution in [0.5, 0.6) is 0 Å². The molecule has 0 radical (unpaired) electrons. The van der Waals surface area contributed by atoms with E-state index < -0.39 is 0 Å². The van der Waals surface area contributed by atoms with Crippen LogP contribution in [0.3, 0.4) is 0 Å². The number of nitrogens with zero attached hydrogens (tertiary/aromatic N) is 2. The van der Waals surface area contributed by atoms with Gasteiger partial charge < -0.3 is 14.8 Å². The van der Waals surface area contributed by atoms with Gasteiger partial charge in [-0.2, -0.15) is 0 Å². The van der Waals surface area contributed by atoms with Gasteiger partial charge >= 0.3 is 0 Å². The fourth-order valence-electron chi connectivity index (χ4n) is 7.17. The predicted octanol–water partition coefficient (Wildman–Crippen LogP) is 4.92. The largest absolute Gasteiger partial charge is 0.395 e. The van der Waals surface area contributed by atoms with Crippen LogP contribution in [-0.4, -0.2) is 55.4 Å². The van der Waals surface area contributed by atoms with Crippen LogP contribution in [0.1, 0.15) is 85.0 Å². The third-order valence-electron chi connectivity index (χ3n) is 9.25. The van der Waals surface area contributed by atoms with Crippen LogP contribution in [-0.2, 0) is 9.63 Å². The monoisotopic (exact) mass is 434 g/mol. The number of aliphatic hydroxyl groups excluding tert-OH is 1. The number of ketones is 1. The van der Waals surface area contributed by atoms with Gasteiger partial charge in [0.2, 0.25) is 0 Å². The summed E-state index contributed by atoms with van der Waals surface area (Å²) >= 11 is 0. The van der Waals surface area contributed by atoms with E-state index in [1.54, 1.807) is 0 Å². The lowest BCUT2D eigenvalue weighted by Gasteiger charge is -2.58. The number of likely N-dealkylation sites (N-methyl/N-ethyl adjacent to an activating group) is 1. The first kappa shape index (κ1) is 24.7. The molecule has 0 aromatic heterocycles. The summed E-state index contributed by atoms with van der Waals surface area (Å²) in [7, 11) is 4.05. The van der Waals surface area contributed by atoms with Crippen molar-refractivity contribution in [2.45, 2.75) is 91.1 Å². The van der Waals surface area contributed by atoms with Crippen LogP contribution in [0, 0.1) is 34.5 Å². The average molecular weight is 435 g/mol. The molecular formula is C26H46N2O3. The number of Topliss-reactive ketones (excluding diaryl/α,β-unsaturated/α-hetero) is 1. The Morgan fingerprint density at radius 2 is 2.00 bits per heavy atom. The molecule has 3 aliphatic rings. The van der Waals surface area contributed by atoms with Crippen molar-refractivity contribution < 1.29 is 14.7 Å². The van der Waals surface area contributed by atoms with Crippen LogP contribution in [0.2, 0.25) is 0 Å². The standard InChI is InChI=1S/C26H46N2O3/c1-6-7-19(12-15-27-31-17-16-28(4)5)26(3)14-11-23-22(24(26)30)9-8-20-18-21(29)10-13-25(20,23)2/h15,19-23,29H,6-14,16-18H2,1-5H3/b27-15-/t19-,20+,21-,22+,23-,25-,26+/m0/s1. The maximum Gasteiger partial charge on any atom is 0.142 e. The number of oxime groups is 1. The van der Waals surface area contributed by atoms with Gasteiger partial charge in [-0.1, -0.05) is 32.3 Å². The Balaban J connectivity index is 1.67. The molecule has 178 valence electrons. The van der Waals surface area contributed by atoms with Crippen molar-refractivity contribution in [3.05, 3.63) is 0 Å². The molecule has 0 heterocycles. The molecule has 5 nitrogen and oxygen atoms in total. The van der Waals surface area contributed by atoms with E-state index in [1.165, 1.54) is 0 Å². The van der Waals surface area contributed by atoms with E-state index in [0.29, 0.717) is 30.1 Å². The predicted molar refractivity (Wildman–Crippen MR) is 126 cm³/mol. The molecule has 31 heavy (non-hydrogen) atoms. The first-order chi connectivity index (χ1) is 14.7. The van der Waals surface area contributed by atoms with Gasteiger partial charge in [0.05, 0.1) is 6.10 Å². The van der Waals surface area contributed by atoms with Gasteiger partial charge in [-0.05, 0) is 95.1 Å². The third kappa shape index (κ3) is 5.19. The van der Waals surface area contributed by atoms with Gasteiger partial charge in [0, 0.05) is 24.1 Å². The van der Waals surface area contributed by atoms with Crippen molar-refractivity contribution >= 4 is 12.0 Å². The van der Waals surface area contributed by atoms with Crippen LogP contribution < -0.4 is 0 Å². The van der Waals surface area contributed by atoms with Gasteiger partial charge in [0.15, 0.2) is 0 Å². The van der Waals surface area contributed by atoms with E-state index in [0.717, 1.165) is 70.8 Å². The lowest BCUT2D eigenvalue weighted by molar-refractivity contribution is -0.157. The molecule has 3 saturated carbocycles. The summed E-state index contributed by atoms with van der Waals surface area (Å²) in [5, 5.41) is 14.4. The maximum absolute atomic E-state index is 14.0. The zero-order chi connectivity index (χ0) is 22.6. The number of hydrogen-bond donors (Lipinski definition) is 1. The molecule has 3 aliphatic carbocycles. The molecule has 0 aromatic rings. The minimum absolute atomic E-state index is 0.132. The quantitative estimate of drug-likeness (QED) is 0.318. The smallest absolute Gasteiger partial charge is 0.142 e. The molecule has 0 aliphatic heterocycles. The molecular weight excluding hydrogens is 388 g/mol. The van der Waals surface area contributed by atoms with Gasteiger partial charge in [0.1, 0.15) is 12.4 Å². The Bertz CT molecular complexity index is 636. The van der Waals surface area contributed by atoms with Gasteiger partial charge in [-0.15, -0.1) is 0 Å². The summed E-state index contributed by atoms with van der Waals surface area (Å²) in [6, 6.07) is 0. The molecule has 3 fully saturated rings. The fourth-order valence-corrected chi connectivity index (χ4v) is 7.17. The normalized spacial score (nSPS) is 39.4. The van der Waals surface area contributed by atoms with Crippen molar-refractivity contribution in [3.8, 4) is 0 Å². The number of fused-ring (bicyclic) bond motifs is 3. The molecule has 0 saturated heterocycles. The summed E-state index contributed by atoms with van der Waals surface area (Å²) < 4.78 is 0. The van der Waals surface area contributed by atoms with Crippen molar-refractivity contribution in [1.29, 1.82) is 0 Å². The Morgan fingerprint density at radius 1 is 1.23 bits per heavy atom. The van der Waals surface area contributed by atoms with E-state index in [-0.39, 0.29) is 22.9 Å². The number of carbonyl (C=O) groups excluding carboxylic acids is 1. The number of carbonyl (C=O) groups is 1. The first-order valence-corrected chi connectivity index (χ1v) is 12.7. The molecule has 3 rings (SSSR count). The van der Waals surface area contributed by atoms with Crippen LogP contribution >= 0.6 is 0 Å². The molecule has 0 unspecified atom stereocenters. The number of hydrogen-bond acceptors (Lipinski definition) is 5. The highest BCUT2D eigenvalue weighted by Gasteiger charge is 2.57. The number of rotatable bonds is 9. The van der Waals surface area contributed by atoms with E-state index >= 15 is 0 Å². The lowest BCUT2D eigenvalue weighted by atomic mass is 9.45. The topological polar surface area (TPSA) is 62.1 Å². The third-order valence-corrected chi connectivity index (χ3v) is 9.25. The van der Waals surface area contributed by atoms with E-state index in [1.807, 2.05) is 20.3 Å². The SMILES string of the molecule is CCC[C@@H](C/C=N\OCCN(C)C)[C@@]1(C)CC[C@H]2[C@@H](CC[C@@H]3C[C@@H](O)CC[C@@]32C)C1=O. The Kier molecular flexibility index (Phi) is 8.23. The second-order valence-electron chi connectivity index (χ2n) is 11.4. The molecule has 0 bridgehead atoms. The Labute approximate surface area is 190 Å². The fraction of sp³-hybridized carbons (Fsp3) is 0.923. The maximum atomic E-state index is 14.0. The second kappa shape index (κ2) is 10.3. The lowest BCUT2D eigenvalue weighted by Crippen LogP contribution is -2.56. The van der Waals surface area contributed by atoms with Crippen molar-refractivity contribution in [2.24, 2.45) is 39.7 Å². The van der Waals surface area contributed by atoms with E-state index in [9.17, 15) is 9.90 Å². The van der Waals surface area contributed by atoms with Gasteiger partial charge in [0.25, 0.3) is 0 Å². The van der Waals surface area contributed by atoms with E-state index in [2.05, 4.69) is 30.8 Å². The van der Waals surface area contributed by atoms with Crippen LogP contribution in [0.4, 0.5) is 0 Å². The van der Waals surface area contributed by atoms with E-state index in [4.69, 9.17) is 4.84 Å². The van der Waals surface area contributed by atoms with Crippen LogP contribution in [0.15, 0.2) is 5.16 Å². The highest BCUT2D eigenvalue weighted by Crippen LogP contribution is 2.61. The zero-order valence-corrected chi connectivity index (χ0v) is 20.6. The first-order valence-electron chi connectivity index (χ1n) is 12.7. The Morgan fingerprint density at radius 3 is 2.71 bits per heavy atom. The summed E-state index contributed by atoms with van der Waals surface area (Å²) in [5.41, 5.74) is -0.00859. The van der Waals surface area contributed by atoms with Crippen molar-refractivity contribution in [3.63, 3.8) is 0 Å². The minimum atomic E-state index is -0.246. The average Bonchev–Trinajstić information content (AvgIpc) is 2.72. The zero-order valence-electron chi connectivity index (χ0n) is 20.6. The minimum Gasteiger partial charge on any atom is -0.395 e. The van der Waals surface area contributed by atoms with Gasteiger partial charge in [-0.25, -0.2) is 0 Å². The molecule has 0 spiro atoms. The van der Waals surface area contributed by atoms with Crippen LogP contribution in [0.25, 0.3) is 0 Å². The Hall–Kier alpha value is -0.940. The van der Waals surface area contributed by atoms with Crippen molar-refractivity contribution in [1.82, 2.24) is 4.90 Å².